The Morgan fingerprint density at radius 3 is 2.53 bits per heavy atom. The normalized spacial score (nSPS) is 12.1. The molecule has 0 saturated heterocycles. The van der Waals surface area contributed by atoms with Crippen LogP contribution < -0.4 is 11.1 Å². The highest BCUT2D eigenvalue weighted by molar-refractivity contribution is 7.15. The molecule has 0 saturated carbocycles. The lowest BCUT2D eigenvalue weighted by Crippen LogP contribution is -2.39. The van der Waals surface area contributed by atoms with Gasteiger partial charge in [-0.15, -0.1) is 23.7 Å². The summed E-state index contributed by atoms with van der Waals surface area (Å²) in [5.74, 6) is -0.0295. The molecular formula is C11H20ClN3OS. The zero-order valence-corrected chi connectivity index (χ0v) is 12.2. The number of carbonyl (C=O) groups excluding carboxylic acids is 1. The average Bonchev–Trinajstić information content (AvgIpc) is 2.57. The van der Waals surface area contributed by atoms with E-state index in [-0.39, 0.29) is 24.2 Å². The van der Waals surface area contributed by atoms with Gasteiger partial charge in [-0.1, -0.05) is 20.8 Å². The summed E-state index contributed by atoms with van der Waals surface area (Å²) in [6.45, 7) is 7.91. The SMILES string of the molecule is CCc1nc(NC(=O)[C@H](N)C(C)C)sc1C.Cl. The van der Waals surface area contributed by atoms with Gasteiger partial charge in [0.1, 0.15) is 0 Å². The lowest BCUT2D eigenvalue weighted by molar-refractivity contribution is -0.118. The number of halogens is 1. The molecule has 4 nitrogen and oxygen atoms in total. The van der Waals surface area contributed by atoms with E-state index in [0.29, 0.717) is 5.13 Å². The van der Waals surface area contributed by atoms with E-state index in [4.69, 9.17) is 5.73 Å². The fourth-order valence-electron chi connectivity index (χ4n) is 1.30. The quantitative estimate of drug-likeness (QED) is 0.888. The molecule has 0 aliphatic rings. The van der Waals surface area contributed by atoms with Crippen LogP contribution in [0.2, 0.25) is 0 Å². The fourth-order valence-corrected chi connectivity index (χ4v) is 2.21. The molecule has 0 bridgehead atoms. The van der Waals surface area contributed by atoms with Gasteiger partial charge < -0.3 is 11.1 Å². The van der Waals surface area contributed by atoms with Crippen molar-refractivity contribution in [2.45, 2.75) is 40.2 Å². The lowest BCUT2D eigenvalue weighted by Gasteiger charge is -2.13. The molecule has 3 N–H and O–H groups in total. The van der Waals surface area contributed by atoms with Crippen molar-refractivity contribution < 1.29 is 4.79 Å². The number of hydrogen-bond donors (Lipinski definition) is 2. The number of thiazole rings is 1. The van der Waals surface area contributed by atoms with Crippen LogP contribution in [0.15, 0.2) is 0 Å². The Labute approximate surface area is 112 Å². The molecule has 98 valence electrons. The third-order valence-corrected chi connectivity index (χ3v) is 3.41. The van der Waals surface area contributed by atoms with E-state index in [9.17, 15) is 4.79 Å². The number of rotatable bonds is 4. The maximum absolute atomic E-state index is 11.7. The van der Waals surface area contributed by atoms with E-state index in [1.165, 1.54) is 11.3 Å². The number of amides is 1. The van der Waals surface area contributed by atoms with E-state index in [1.807, 2.05) is 27.7 Å². The number of carbonyl (C=O) groups is 1. The van der Waals surface area contributed by atoms with Crippen molar-refractivity contribution in [3.63, 3.8) is 0 Å². The highest BCUT2D eigenvalue weighted by Crippen LogP contribution is 2.22. The highest BCUT2D eigenvalue weighted by Gasteiger charge is 2.18. The van der Waals surface area contributed by atoms with Crippen molar-refractivity contribution >= 4 is 34.8 Å². The van der Waals surface area contributed by atoms with Crippen molar-refractivity contribution in [1.29, 1.82) is 0 Å². The number of aryl methyl sites for hydroxylation is 2. The molecule has 6 heteroatoms. The summed E-state index contributed by atoms with van der Waals surface area (Å²) >= 11 is 1.50. The predicted molar refractivity (Wildman–Crippen MR) is 74.9 cm³/mol. The van der Waals surface area contributed by atoms with Gasteiger partial charge in [-0.05, 0) is 19.3 Å². The fraction of sp³-hybridized carbons (Fsp3) is 0.636. The second-order valence-electron chi connectivity index (χ2n) is 4.13. The van der Waals surface area contributed by atoms with Crippen molar-refractivity contribution in [3.8, 4) is 0 Å². The van der Waals surface area contributed by atoms with Gasteiger partial charge in [-0.25, -0.2) is 4.98 Å². The summed E-state index contributed by atoms with van der Waals surface area (Å²) in [6, 6.07) is -0.478. The Hall–Kier alpha value is -0.650. The monoisotopic (exact) mass is 277 g/mol. The molecule has 0 unspecified atom stereocenters. The molecule has 0 aromatic carbocycles. The number of nitrogens with two attached hydrogens (primary N) is 1. The second-order valence-corrected chi connectivity index (χ2v) is 5.34. The second kappa shape index (κ2) is 6.93. The molecule has 1 aromatic heterocycles. The zero-order valence-electron chi connectivity index (χ0n) is 10.6. The Kier molecular flexibility index (Phi) is 6.67. The first-order valence-corrected chi connectivity index (χ1v) is 6.30. The molecular weight excluding hydrogens is 258 g/mol. The third kappa shape index (κ3) is 4.26. The van der Waals surface area contributed by atoms with Gasteiger partial charge in [0, 0.05) is 4.88 Å². The number of hydrogen-bond acceptors (Lipinski definition) is 4. The lowest BCUT2D eigenvalue weighted by atomic mass is 10.1. The molecule has 1 heterocycles. The maximum atomic E-state index is 11.7. The Morgan fingerprint density at radius 2 is 2.12 bits per heavy atom. The molecule has 1 rings (SSSR count). The van der Waals surface area contributed by atoms with Gasteiger partial charge in [-0.3, -0.25) is 4.79 Å². The molecule has 0 aliphatic heterocycles. The predicted octanol–water partition coefficient (Wildman–Crippen LogP) is 2.36. The van der Waals surface area contributed by atoms with E-state index in [1.54, 1.807) is 0 Å². The first-order valence-electron chi connectivity index (χ1n) is 5.48. The van der Waals surface area contributed by atoms with Crippen molar-refractivity contribution in [1.82, 2.24) is 4.98 Å². The van der Waals surface area contributed by atoms with Gasteiger partial charge >= 0.3 is 0 Å². The third-order valence-electron chi connectivity index (χ3n) is 2.48. The van der Waals surface area contributed by atoms with Crippen LogP contribution in [0.5, 0.6) is 0 Å². The van der Waals surface area contributed by atoms with Crippen LogP contribution in [0.25, 0.3) is 0 Å². The van der Waals surface area contributed by atoms with Crippen LogP contribution in [-0.4, -0.2) is 16.9 Å². The van der Waals surface area contributed by atoms with Crippen molar-refractivity contribution in [2.24, 2.45) is 11.7 Å². The minimum absolute atomic E-state index is 0. The molecule has 0 fully saturated rings. The molecule has 1 atom stereocenters. The van der Waals surface area contributed by atoms with Gasteiger partial charge in [0.05, 0.1) is 11.7 Å². The first kappa shape index (κ1) is 16.4. The van der Waals surface area contributed by atoms with Crippen LogP contribution in [0.4, 0.5) is 5.13 Å². The molecule has 0 spiro atoms. The Balaban J connectivity index is 0.00000256. The minimum atomic E-state index is -0.478. The van der Waals surface area contributed by atoms with Gasteiger partial charge in [0.15, 0.2) is 5.13 Å². The van der Waals surface area contributed by atoms with E-state index >= 15 is 0 Å². The molecule has 1 amide bonds. The standard InChI is InChI=1S/C11H19N3OS.ClH/c1-5-8-7(4)16-11(13-8)14-10(15)9(12)6(2)3;/h6,9H,5,12H2,1-4H3,(H,13,14,15);1H/t9-;/m1./s1. The zero-order chi connectivity index (χ0) is 12.3. The van der Waals surface area contributed by atoms with Crippen LogP contribution >= 0.6 is 23.7 Å². The van der Waals surface area contributed by atoms with Crippen LogP contribution in [0.3, 0.4) is 0 Å². The summed E-state index contributed by atoms with van der Waals surface area (Å²) in [5, 5.41) is 3.41. The highest BCUT2D eigenvalue weighted by atomic mass is 35.5. The minimum Gasteiger partial charge on any atom is -0.320 e. The van der Waals surface area contributed by atoms with Crippen LogP contribution in [0.1, 0.15) is 31.3 Å². The number of aromatic nitrogens is 1. The van der Waals surface area contributed by atoms with Crippen LogP contribution in [0, 0.1) is 12.8 Å². The smallest absolute Gasteiger partial charge is 0.243 e. The van der Waals surface area contributed by atoms with Crippen molar-refractivity contribution in [3.05, 3.63) is 10.6 Å². The number of anilines is 1. The molecule has 0 radical (unpaired) electrons. The first-order chi connectivity index (χ1) is 7.45. The summed E-state index contributed by atoms with van der Waals surface area (Å²) in [5.41, 5.74) is 6.79. The Morgan fingerprint density at radius 1 is 1.53 bits per heavy atom. The van der Waals surface area contributed by atoms with Gasteiger partial charge in [0.2, 0.25) is 5.91 Å². The van der Waals surface area contributed by atoms with E-state index < -0.39 is 6.04 Å². The molecule has 1 aromatic rings. The molecule has 0 aliphatic carbocycles. The number of nitrogens with one attached hydrogen (secondary N) is 1. The number of nitrogens with zero attached hydrogens (tertiary/aromatic N) is 1. The average molecular weight is 278 g/mol. The van der Waals surface area contributed by atoms with E-state index in [0.717, 1.165) is 17.0 Å². The Bertz CT molecular complexity index is 379. The van der Waals surface area contributed by atoms with E-state index in [2.05, 4.69) is 10.3 Å². The largest absolute Gasteiger partial charge is 0.320 e. The van der Waals surface area contributed by atoms with Gasteiger partial charge in [-0.2, -0.15) is 0 Å². The summed E-state index contributed by atoms with van der Waals surface area (Å²) in [6.07, 6.45) is 0.883. The maximum Gasteiger partial charge on any atom is 0.243 e. The van der Waals surface area contributed by atoms with Crippen molar-refractivity contribution in [2.75, 3.05) is 5.32 Å². The summed E-state index contributed by atoms with van der Waals surface area (Å²) in [7, 11) is 0. The van der Waals surface area contributed by atoms with Crippen LogP contribution in [-0.2, 0) is 11.2 Å². The summed E-state index contributed by atoms with van der Waals surface area (Å²) < 4.78 is 0. The topological polar surface area (TPSA) is 68.0 Å². The van der Waals surface area contributed by atoms with Gasteiger partial charge in [0.25, 0.3) is 0 Å². The molecule has 17 heavy (non-hydrogen) atoms. The summed E-state index contributed by atoms with van der Waals surface area (Å²) in [4.78, 5) is 17.2.